The van der Waals surface area contributed by atoms with Gasteiger partial charge in [-0.15, -0.1) is 0 Å². The van der Waals surface area contributed by atoms with E-state index in [2.05, 4.69) is 21.5 Å². The number of hydrogen-bond donors (Lipinski definition) is 1. The lowest BCUT2D eigenvalue weighted by Crippen LogP contribution is -2.56. The molecule has 2 aliphatic rings. The Balaban J connectivity index is 1.35. The number of likely N-dealkylation sites (tertiary alicyclic amines) is 1. The molecule has 6 nitrogen and oxygen atoms in total. The van der Waals surface area contributed by atoms with Crippen LogP contribution in [0.2, 0.25) is 0 Å². The largest absolute Gasteiger partial charge is 0.493 e. The SMILES string of the molecule is Cc1cnn(C2CN([C@H](C)C(=O)N[C@@H]3CCOc4ccccc43)C2)c1. The second-order valence-corrected chi connectivity index (χ2v) is 7.02. The van der Waals surface area contributed by atoms with E-state index in [1.807, 2.05) is 49.0 Å². The van der Waals surface area contributed by atoms with Gasteiger partial charge in [0.25, 0.3) is 0 Å². The Kier molecular flexibility index (Phi) is 4.21. The third-order valence-corrected chi connectivity index (χ3v) is 5.20. The van der Waals surface area contributed by atoms with Crippen molar-refractivity contribution < 1.29 is 9.53 Å². The summed E-state index contributed by atoms with van der Waals surface area (Å²) >= 11 is 0. The summed E-state index contributed by atoms with van der Waals surface area (Å²) < 4.78 is 7.67. The van der Waals surface area contributed by atoms with E-state index < -0.39 is 0 Å². The van der Waals surface area contributed by atoms with Gasteiger partial charge in [0.05, 0.1) is 30.9 Å². The average molecular weight is 340 g/mol. The van der Waals surface area contributed by atoms with Crippen molar-refractivity contribution in [3.63, 3.8) is 0 Å². The molecule has 1 amide bonds. The van der Waals surface area contributed by atoms with Gasteiger partial charge in [0.15, 0.2) is 0 Å². The van der Waals surface area contributed by atoms with Crippen LogP contribution in [0.4, 0.5) is 0 Å². The zero-order valence-corrected chi connectivity index (χ0v) is 14.7. The molecule has 25 heavy (non-hydrogen) atoms. The van der Waals surface area contributed by atoms with Crippen molar-refractivity contribution in [3.05, 3.63) is 47.8 Å². The first-order valence-electron chi connectivity index (χ1n) is 8.88. The van der Waals surface area contributed by atoms with Crippen molar-refractivity contribution in [1.29, 1.82) is 0 Å². The molecular weight excluding hydrogens is 316 g/mol. The van der Waals surface area contributed by atoms with Crippen LogP contribution in [0.25, 0.3) is 0 Å². The summed E-state index contributed by atoms with van der Waals surface area (Å²) in [5, 5.41) is 7.57. The summed E-state index contributed by atoms with van der Waals surface area (Å²) in [5.74, 6) is 0.960. The van der Waals surface area contributed by atoms with E-state index in [1.165, 1.54) is 5.56 Å². The maximum atomic E-state index is 12.7. The van der Waals surface area contributed by atoms with Gasteiger partial charge in [0.2, 0.25) is 5.91 Å². The molecule has 0 bridgehead atoms. The molecule has 132 valence electrons. The number of nitrogens with one attached hydrogen (secondary N) is 1. The number of carbonyl (C=O) groups is 1. The van der Waals surface area contributed by atoms with E-state index in [4.69, 9.17) is 4.74 Å². The van der Waals surface area contributed by atoms with E-state index in [-0.39, 0.29) is 18.0 Å². The number of amides is 1. The highest BCUT2D eigenvalue weighted by atomic mass is 16.5. The molecule has 1 saturated heterocycles. The van der Waals surface area contributed by atoms with Crippen LogP contribution in [-0.4, -0.2) is 46.3 Å². The summed E-state index contributed by atoms with van der Waals surface area (Å²) in [6.45, 7) is 6.38. The summed E-state index contributed by atoms with van der Waals surface area (Å²) in [6.07, 6.45) is 4.75. The highest BCUT2D eigenvalue weighted by Gasteiger charge is 2.36. The maximum absolute atomic E-state index is 12.7. The smallest absolute Gasteiger partial charge is 0.237 e. The molecule has 2 aromatic rings. The summed E-state index contributed by atoms with van der Waals surface area (Å²) in [4.78, 5) is 14.9. The quantitative estimate of drug-likeness (QED) is 0.926. The van der Waals surface area contributed by atoms with Gasteiger partial charge < -0.3 is 10.1 Å². The Hall–Kier alpha value is -2.34. The molecule has 3 heterocycles. The number of nitrogens with zero attached hydrogens (tertiary/aromatic N) is 3. The van der Waals surface area contributed by atoms with E-state index in [0.29, 0.717) is 12.6 Å². The molecule has 2 aliphatic heterocycles. The van der Waals surface area contributed by atoms with Gasteiger partial charge in [-0.2, -0.15) is 5.10 Å². The van der Waals surface area contributed by atoms with Gasteiger partial charge >= 0.3 is 0 Å². The van der Waals surface area contributed by atoms with E-state index >= 15 is 0 Å². The number of fused-ring (bicyclic) bond motifs is 1. The molecule has 4 rings (SSSR count). The van der Waals surface area contributed by atoms with Crippen LogP contribution in [0.3, 0.4) is 0 Å². The molecular formula is C19H24N4O2. The Morgan fingerprint density at radius 3 is 2.92 bits per heavy atom. The van der Waals surface area contributed by atoms with E-state index in [0.717, 1.165) is 30.8 Å². The van der Waals surface area contributed by atoms with Crippen LogP contribution in [0.1, 0.15) is 36.6 Å². The Morgan fingerprint density at radius 1 is 1.36 bits per heavy atom. The summed E-state index contributed by atoms with van der Waals surface area (Å²) in [7, 11) is 0. The van der Waals surface area contributed by atoms with E-state index in [1.54, 1.807) is 0 Å². The number of benzene rings is 1. The van der Waals surface area contributed by atoms with Crippen molar-refractivity contribution in [2.24, 2.45) is 0 Å². The minimum Gasteiger partial charge on any atom is -0.493 e. The van der Waals surface area contributed by atoms with Gasteiger partial charge in [0, 0.05) is 31.3 Å². The molecule has 6 heteroatoms. The standard InChI is InChI=1S/C19H24N4O2/c1-13-9-20-23(10-13)15-11-22(12-15)14(2)19(24)21-17-7-8-25-18-6-4-3-5-16(17)18/h3-6,9-10,14-15,17H,7-8,11-12H2,1-2H3,(H,21,24)/t14-,17-/m1/s1. The fraction of sp³-hybridized carbons (Fsp3) is 0.474. The zero-order chi connectivity index (χ0) is 17.4. The Bertz CT molecular complexity index is 766. The van der Waals surface area contributed by atoms with Crippen LogP contribution < -0.4 is 10.1 Å². The number of hydrogen-bond acceptors (Lipinski definition) is 4. The van der Waals surface area contributed by atoms with Crippen molar-refractivity contribution in [3.8, 4) is 5.75 Å². The van der Waals surface area contributed by atoms with Crippen molar-refractivity contribution >= 4 is 5.91 Å². The summed E-state index contributed by atoms with van der Waals surface area (Å²) in [6, 6.07) is 8.21. The number of carbonyl (C=O) groups excluding carboxylic acids is 1. The first-order valence-corrected chi connectivity index (χ1v) is 8.88. The molecule has 1 aromatic heterocycles. The fourth-order valence-electron chi connectivity index (χ4n) is 3.55. The molecule has 1 aromatic carbocycles. The number of para-hydroxylation sites is 1. The van der Waals surface area contributed by atoms with Gasteiger partial charge in [-0.3, -0.25) is 14.4 Å². The molecule has 0 saturated carbocycles. The minimum absolute atomic E-state index is 0.0331. The fourth-order valence-corrected chi connectivity index (χ4v) is 3.55. The van der Waals surface area contributed by atoms with Crippen LogP contribution >= 0.6 is 0 Å². The predicted octanol–water partition coefficient (Wildman–Crippen LogP) is 2.08. The van der Waals surface area contributed by atoms with Gasteiger partial charge in [-0.25, -0.2) is 0 Å². The van der Waals surface area contributed by atoms with E-state index in [9.17, 15) is 4.79 Å². The van der Waals surface area contributed by atoms with Crippen molar-refractivity contribution in [1.82, 2.24) is 20.0 Å². The zero-order valence-electron chi connectivity index (χ0n) is 14.7. The van der Waals surface area contributed by atoms with Crippen molar-refractivity contribution in [2.75, 3.05) is 19.7 Å². The molecule has 1 fully saturated rings. The third kappa shape index (κ3) is 3.14. The first kappa shape index (κ1) is 16.1. The summed E-state index contributed by atoms with van der Waals surface area (Å²) in [5.41, 5.74) is 2.24. The van der Waals surface area contributed by atoms with Crippen molar-refractivity contribution in [2.45, 2.75) is 38.4 Å². The lowest BCUT2D eigenvalue weighted by molar-refractivity contribution is -0.129. The number of aryl methyl sites for hydroxylation is 1. The first-order chi connectivity index (χ1) is 12.1. The molecule has 0 unspecified atom stereocenters. The van der Waals surface area contributed by atoms with Gasteiger partial charge in [-0.1, -0.05) is 18.2 Å². The van der Waals surface area contributed by atoms with Gasteiger partial charge in [-0.05, 0) is 25.5 Å². The minimum atomic E-state index is -0.136. The average Bonchev–Trinajstić information content (AvgIpc) is 2.99. The second kappa shape index (κ2) is 6.52. The highest BCUT2D eigenvalue weighted by molar-refractivity contribution is 5.82. The molecule has 0 radical (unpaired) electrons. The Labute approximate surface area is 147 Å². The van der Waals surface area contributed by atoms with Crippen LogP contribution in [0.5, 0.6) is 5.75 Å². The second-order valence-electron chi connectivity index (χ2n) is 7.02. The lowest BCUT2D eigenvalue weighted by Gasteiger charge is -2.42. The molecule has 0 aliphatic carbocycles. The van der Waals surface area contributed by atoms with Crippen LogP contribution in [-0.2, 0) is 4.79 Å². The molecule has 1 N–H and O–H groups in total. The predicted molar refractivity (Wildman–Crippen MR) is 94.5 cm³/mol. The van der Waals surface area contributed by atoms with Gasteiger partial charge in [0.1, 0.15) is 5.75 Å². The Morgan fingerprint density at radius 2 is 2.16 bits per heavy atom. The lowest BCUT2D eigenvalue weighted by atomic mass is 9.99. The number of rotatable bonds is 4. The molecule has 0 spiro atoms. The molecule has 2 atom stereocenters. The monoisotopic (exact) mass is 340 g/mol. The number of aromatic nitrogens is 2. The van der Waals surface area contributed by atoms with Crippen LogP contribution in [0.15, 0.2) is 36.7 Å². The highest BCUT2D eigenvalue weighted by Crippen LogP contribution is 2.32. The maximum Gasteiger partial charge on any atom is 0.237 e. The number of ether oxygens (including phenoxy) is 1. The normalized spacial score (nSPS) is 21.8. The van der Waals surface area contributed by atoms with Crippen LogP contribution in [0, 0.1) is 6.92 Å². The third-order valence-electron chi connectivity index (χ3n) is 5.20. The topological polar surface area (TPSA) is 59.4 Å².